The predicted octanol–water partition coefficient (Wildman–Crippen LogP) is 3.90. The maximum absolute atomic E-state index is 10.5. The standard InChI is InChI=1S/C7H8.C6H10O.C3H8O/c1-7-5-3-2-4-6-7;7-6-4-2-1-3-5-6;1-3(2)4/h2-6H,1H3;1-5H2;3-4H,1-2H3. The number of ketones is 1. The molecule has 0 aromatic heterocycles. The fourth-order valence-corrected chi connectivity index (χ4v) is 1.48. The molecule has 1 aromatic rings. The highest BCUT2D eigenvalue weighted by Gasteiger charge is 2.05. The second kappa shape index (κ2) is 11.0. The van der Waals surface area contributed by atoms with Crippen molar-refractivity contribution in [3.05, 3.63) is 35.9 Å². The molecule has 0 aliphatic heterocycles. The van der Waals surface area contributed by atoms with Crippen LogP contribution in [0.25, 0.3) is 0 Å². The van der Waals surface area contributed by atoms with Gasteiger partial charge in [-0.15, -0.1) is 0 Å². The molecule has 2 heteroatoms. The van der Waals surface area contributed by atoms with Gasteiger partial charge in [-0.05, 0) is 33.6 Å². The number of Topliss-reactive ketones (excluding diaryl/α,β-unsaturated/α-hetero) is 1. The third-order valence-corrected chi connectivity index (χ3v) is 2.35. The summed E-state index contributed by atoms with van der Waals surface area (Å²) in [7, 11) is 0. The lowest BCUT2D eigenvalue weighted by molar-refractivity contribution is -0.120. The van der Waals surface area contributed by atoms with Gasteiger partial charge in [0.15, 0.2) is 0 Å². The smallest absolute Gasteiger partial charge is 0.132 e. The van der Waals surface area contributed by atoms with Crippen molar-refractivity contribution >= 4 is 5.78 Å². The number of benzene rings is 1. The number of aliphatic hydroxyl groups is 1. The van der Waals surface area contributed by atoms with Crippen LogP contribution in [0, 0.1) is 6.92 Å². The molecular weight excluding hydrogens is 224 g/mol. The molecule has 1 N–H and O–H groups in total. The van der Waals surface area contributed by atoms with E-state index in [1.807, 2.05) is 18.2 Å². The van der Waals surface area contributed by atoms with Crippen LogP contribution in [0.4, 0.5) is 0 Å². The minimum Gasteiger partial charge on any atom is -0.394 e. The summed E-state index contributed by atoms with van der Waals surface area (Å²) in [5, 5.41) is 8.06. The number of aliphatic hydroxyl groups excluding tert-OH is 1. The van der Waals surface area contributed by atoms with Crippen LogP contribution >= 0.6 is 0 Å². The van der Waals surface area contributed by atoms with E-state index in [-0.39, 0.29) is 6.10 Å². The summed E-state index contributed by atoms with van der Waals surface area (Å²) in [6.07, 6.45) is 5.07. The van der Waals surface area contributed by atoms with E-state index in [0.717, 1.165) is 25.7 Å². The van der Waals surface area contributed by atoms with Gasteiger partial charge >= 0.3 is 0 Å². The Hall–Kier alpha value is -1.15. The largest absolute Gasteiger partial charge is 0.394 e. The van der Waals surface area contributed by atoms with Crippen molar-refractivity contribution in [1.29, 1.82) is 0 Å². The van der Waals surface area contributed by atoms with Crippen LogP contribution in [0.15, 0.2) is 30.3 Å². The average molecular weight is 250 g/mol. The summed E-state index contributed by atoms with van der Waals surface area (Å²) in [5.41, 5.74) is 1.32. The summed E-state index contributed by atoms with van der Waals surface area (Å²) in [6, 6.07) is 10.3. The van der Waals surface area contributed by atoms with Gasteiger partial charge in [0.25, 0.3) is 0 Å². The summed E-state index contributed by atoms with van der Waals surface area (Å²) < 4.78 is 0. The first-order chi connectivity index (χ1) is 8.52. The minimum absolute atomic E-state index is 0.167. The van der Waals surface area contributed by atoms with E-state index in [2.05, 4.69) is 19.1 Å². The molecule has 0 radical (unpaired) electrons. The Balaban J connectivity index is 0.000000253. The fourth-order valence-electron chi connectivity index (χ4n) is 1.48. The first-order valence-corrected chi connectivity index (χ1v) is 6.73. The molecule has 1 aliphatic carbocycles. The first-order valence-electron chi connectivity index (χ1n) is 6.73. The second-order valence-corrected chi connectivity index (χ2v) is 4.85. The highest BCUT2D eigenvalue weighted by Crippen LogP contribution is 2.12. The lowest BCUT2D eigenvalue weighted by Gasteiger charge is -2.05. The van der Waals surface area contributed by atoms with Crippen molar-refractivity contribution in [2.45, 2.75) is 59.0 Å². The van der Waals surface area contributed by atoms with Crippen molar-refractivity contribution in [2.24, 2.45) is 0 Å². The highest BCUT2D eigenvalue weighted by molar-refractivity contribution is 5.78. The molecule has 1 fully saturated rings. The van der Waals surface area contributed by atoms with Crippen LogP contribution in [-0.4, -0.2) is 17.0 Å². The lowest BCUT2D eigenvalue weighted by atomic mass is 10.00. The van der Waals surface area contributed by atoms with E-state index in [1.165, 1.54) is 12.0 Å². The zero-order valence-electron chi connectivity index (χ0n) is 11.9. The van der Waals surface area contributed by atoms with Crippen LogP contribution in [0.3, 0.4) is 0 Å². The van der Waals surface area contributed by atoms with Crippen LogP contribution in [-0.2, 0) is 4.79 Å². The molecule has 0 unspecified atom stereocenters. The quantitative estimate of drug-likeness (QED) is 0.758. The lowest BCUT2D eigenvalue weighted by Crippen LogP contribution is -2.02. The SMILES string of the molecule is CC(C)O.Cc1ccccc1.O=C1CCCCC1. The zero-order valence-corrected chi connectivity index (χ0v) is 11.9. The molecular formula is C16H26O2. The average Bonchev–Trinajstić information content (AvgIpc) is 2.31. The fraction of sp³-hybridized carbons (Fsp3) is 0.562. The van der Waals surface area contributed by atoms with Crippen LogP contribution in [0.5, 0.6) is 0 Å². The predicted molar refractivity (Wildman–Crippen MR) is 76.6 cm³/mol. The number of carbonyl (C=O) groups excluding carboxylic acids is 1. The van der Waals surface area contributed by atoms with E-state index in [9.17, 15) is 4.79 Å². The molecule has 1 aromatic carbocycles. The van der Waals surface area contributed by atoms with Gasteiger partial charge in [-0.3, -0.25) is 4.79 Å². The molecule has 0 spiro atoms. The normalized spacial score (nSPS) is 14.2. The molecule has 2 nitrogen and oxygen atoms in total. The number of rotatable bonds is 0. The maximum Gasteiger partial charge on any atom is 0.132 e. The third-order valence-electron chi connectivity index (χ3n) is 2.35. The Morgan fingerprint density at radius 3 is 1.67 bits per heavy atom. The Kier molecular flexibility index (Phi) is 10.3. The first kappa shape index (κ1) is 16.9. The van der Waals surface area contributed by atoms with Crippen LogP contribution < -0.4 is 0 Å². The van der Waals surface area contributed by atoms with Gasteiger partial charge in [-0.25, -0.2) is 0 Å². The Morgan fingerprint density at radius 1 is 1.00 bits per heavy atom. The monoisotopic (exact) mass is 250 g/mol. The number of carbonyl (C=O) groups is 1. The molecule has 0 atom stereocenters. The van der Waals surface area contributed by atoms with Crippen molar-refractivity contribution in [3.8, 4) is 0 Å². The van der Waals surface area contributed by atoms with E-state index in [4.69, 9.17) is 5.11 Å². The van der Waals surface area contributed by atoms with Crippen molar-refractivity contribution in [3.63, 3.8) is 0 Å². The summed E-state index contributed by atoms with van der Waals surface area (Å²) in [5.74, 6) is 0.464. The minimum atomic E-state index is -0.167. The molecule has 0 amide bonds. The summed E-state index contributed by atoms with van der Waals surface area (Å²) >= 11 is 0. The number of hydrogen-bond acceptors (Lipinski definition) is 2. The Morgan fingerprint density at radius 2 is 1.44 bits per heavy atom. The van der Waals surface area contributed by atoms with E-state index in [1.54, 1.807) is 13.8 Å². The van der Waals surface area contributed by atoms with E-state index < -0.39 is 0 Å². The van der Waals surface area contributed by atoms with Crippen molar-refractivity contribution in [1.82, 2.24) is 0 Å². The molecule has 18 heavy (non-hydrogen) atoms. The maximum atomic E-state index is 10.5. The van der Waals surface area contributed by atoms with Gasteiger partial charge in [-0.1, -0.05) is 42.3 Å². The number of aryl methyl sites for hydroxylation is 1. The van der Waals surface area contributed by atoms with Crippen molar-refractivity contribution < 1.29 is 9.90 Å². The van der Waals surface area contributed by atoms with Gasteiger partial charge in [0.2, 0.25) is 0 Å². The molecule has 1 aliphatic rings. The second-order valence-electron chi connectivity index (χ2n) is 4.85. The van der Waals surface area contributed by atoms with E-state index >= 15 is 0 Å². The van der Waals surface area contributed by atoms with Crippen molar-refractivity contribution in [2.75, 3.05) is 0 Å². The van der Waals surface area contributed by atoms with Gasteiger partial charge in [0.05, 0.1) is 0 Å². The Bertz CT molecular complexity index is 293. The van der Waals surface area contributed by atoms with E-state index in [0.29, 0.717) is 5.78 Å². The van der Waals surface area contributed by atoms with Gasteiger partial charge in [-0.2, -0.15) is 0 Å². The van der Waals surface area contributed by atoms with Crippen LogP contribution in [0.1, 0.15) is 51.5 Å². The highest BCUT2D eigenvalue weighted by atomic mass is 16.3. The van der Waals surface area contributed by atoms with Gasteiger partial charge < -0.3 is 5.11 Å². The molecule has 0 bridgehead atoms. The molecule has 0 heterocycles. The Labute approximate surface area is 111 Å². The third kappa shape index (κ3) is 12.9. The molecule has 0 saturated heterocycles. The topological polar surface area (TPSA) is 37.3 Å². The van der Waals surface area contributed by atoms with Gasteiger partial charge in [0.1, 0.15) is 5.78 Å². The molecule has 2 rings (SSSR count). The molecule has 1 saturated carbocycles. The number of hydrogen-bond donors (Lipinski definition) is 1. The summed E-state index contributed by atoms with van der Waals surface area (Å²) in [6.45, 7) is 5.53. The molecule has 102 valence electrons. The van der Waals surface area contributed by atoms with Crippen LogP contribution in [0.2, 0.25) is 0 Å². The van der Waals surface area contributed by atoms with Gasteiger partial charge in [0, 0.05) is 18.9 Å². The summed E-state index contributed by atoms with van der Waals surface area (Å²) in [4.78, 5) is 10.5. The zero-order chi connectivity index (χ0) is 13.8.